The number of H-pyrrole nitrogens is 1. The molecule has 0 bridgehead atoms. The van der Waals surface area contributed by atoms with Crippen LogP contribution in [0.4, 0.5) is 0 Å². The van der Waals surface area contributed by atoms with Gasteiger partial charge in [0.25, 0.3) is 0 Å². The van der Waals surface area contributed by atoms with E-state index in [1.54, 1.807) is 0 Å². The van der Waals surface area contributed by atoms with E-state index in [1.165, 1.54) is 33.3 Å². The van der Waals surface area contributed by atoms with Crippen LogP contribution < -0.4 is 0 Å². The molecule has 0 spiro atoms. The van der Waals surface area contributed by atoms with Gasteiger partial charge in [0.2, 0.25) is 0 Å². The molecule has 2 heteroatoms. The molecule has 18 heavy (non-hydrogen) atoms. The van der Waals surface area contributed by atoms with Gasteiger partial charge in [-0.3, -0.25) is 0 Å². The minimum Gasteiger partial charge on any atom is -0.358 e. The Morgan fingerprint density at radius 2 is 1.89 bits per heavy atom. The minimum atomic E-state index is 1.11. The summed E-state index contributed by atoms with van der Waals surface area (Å²) in [5.41, 5.74) is 6.87. The van der Waals surface area contributed by atoms with Crippen LogP contribution in [0.25, 0.3) is 22.0 Å². The third kappa shape index (κ3) is 1.39. The number of fused-ring (bicyclic) bond motifs is 5. The highest BCUT2D eigenvalue weighted by Crippen LogP contribution is 2.39. The molecule has 0 saturated heterocycles. The summed E-state index contributed by atoms with van der Waals surface area (Å²) < 4.78 is 1.13. The fraction of sp³-hybridized carbons (Fsp3) is 0.125. The van der Waals surface area contributed by atoms with Crippen LogP contribution in [0.3, 0.4) is 0 Å². The van der Waals surface area contributed by atoms with Crippen LogP contribution in [0.1, 0.15) is 11.3 Å². The predicted octanol–water partition coefficient (Wildman–Crippen LogP) is 4.70. The second kappa shape index (κ2) is 3.72. The molecule has 2 aromatic carbocycles. The summed E-state index contributed by atoms with van der Waals surface area (Å²) in [6, 6.07) is 15.2. The van der Waals surface area contributed by atoms with Gasteiger partial charge in [0.15, 0.2) is 0 Å². The maximum absolute atomic E-state index is 3.57. The van der Waals surface area contributed by atoms with Crippen molar-refractivity contribution in [3.63, 3.8) is 0 Å². The van der Waals surface area contributed by atoms with Crippen molar-refractivity contribution in [3.8, 4) is 11.1 Å². The van der Waals surface area contributed by atoms with Crippen molar-refractivity contribution in [3.05, 3.63) is 58.2 Å². The Morgan fingerprint density at radius 3 is 2.83 bits per heavy atom. The number of hydrogen-bond acceptors (Lipinski definition) is 0. The van der Waals surface area contributed by atoms with E-state index >= 15 is 0 Å². The van der Waals surface area contributed by atoms with Crippen LogP contribution in [0.5, 0.6) is 0 Å². The Labute approximate surface area is 114 Å². The maximum Gasteiger partial charge on any atom is 0.0473 e. The summed E-state index contributed by atoms with van der Waals surface area (Å²) in [6.07, 6.45) is 2.25. The first-order valence-electron chi connectivity index (χ1n) is 6.21. The van der Waals surface area contributed by atoms with E-state index in [9.17, 15) is 0 Å². The zero-order chi connectivity index (χ0) is 12.1. The van der Waals surface area contributed by atoms with E-state index < -0.39 is 0 Å². The Morgan fingerprint density at radius 1 is 1.00 bits per heavy atom. The van der Waals surface area contributed by atoms with Gasteiger partial charge in [-0.1, -0.05) is 46.3 Å². The highest BCUT2D eigenvalue weighted by Gasteiger charge is 2.20. The summed E-state index contributed by atoms with van der Waals surface area (Å²) in [5, 5.41) is 1.33. The van der Waals surface area contributed by atoms with Gasteiger partial charge in [0.1, 0.15) is 0 Å². The number of nitrogens with one attached hydrogen (secondary N) is 1. The van der Waals surface area contributed by atoms with Crippen molar-refractivity contribution >= 4 is 26.8 Å². The van der Waals surface area contributed by atoms with Gasteiger partial charge in [0.05, 0.1) is 0 Å². The Bertz CT molecular complexity index is 755. The normalized spacial score (nSPS) is 13.4. The summed E-state index contributed by atoms with van der Waals surface area (Å²) in [4.78, 5) is 3.57. The lowest BCUT2D eigenvalue weighted by Gasteiger charge is -2.16. The summed E-state index contributed by atoms with van der Waals surface area (Å²) in [7, 11) is 0. The van der Waals surface area contributed by atoms with Crippen LogP contribution in [0.2, 0.25) is 0 Å². The molecule has 0 aliphatic heterocycles. The standard InChI is InChI=1S/C16H12BrN/c17-11-6-7-13-15(9-11)18-14-8-5-10-3-1-2-4-12(10)16(13)14/h1-4,6-7,9,18H,5,8H2. The number of aromatic nitrogens is 1. The van der Waals surface area contributed by atoms with E-state index in [1.807, 2.05) is 0 Å². The number of benzene rings is 2. The lowest BCUT2D eigenvalue weighted by molar-refractivity contribution is 0.914. The zero-order valence-electron chi connectivity index (χ0n) is 9.83. The number of halogens is 1. The topological polar surface area (TPSA) is 15.8 Å². The molecule has 1 aliphatic carbocycles. The molecule has 0 atom stereocenters. The molecule has 3 aromatic rings. The van der Waals surface area contributed by atoms with Crippen LogP contribution in [0.15, 0.2) is 46.9 Å². The van der Waals surface area contributed by atoms with Crippen molar-refractivity contribution in [2.75, 3.05) is 0 Å². The first-order valence-corrected chi connectivity index (χ1v) is 7.00. The monoisotopic (exact) mass is 297 g/mol. The molecular weight excluding hydrogens is 286 g/mol. The summed E-state index contributed by atoms with van der Waals surface area (Å²) in [5.74, 6) is 0. The van der Waals surface area contributed by atoms with Crippen molar-refractivity contribution < 1.29 is 0 Å². The smallest absolute Gasteiger partial charge is 0.0473 e. The molecule has 88 valence electrons. The highest BCUT2D eigenvalue weighted by molar-refractivity contribution is 9.10. The van der Waals surface area contributed by atoms with E-state index in [-0.39, 0.29) is 0 Å². The van der Waals surface area contributed by atoms with Crippen LogP contribution in [-0.4, -0.2) is 4.98 Å². The molecule has 1 heterocycles. The number of aromatic amines is 1. The Balaban J connectivity index is 2.11. The summed E-state index contributed by atoms with van der Waals surface area (Å²) in [6.45, 7) is 0. The average molecular weight is 298 g/mol. The molecule has 0 amide bonds. The van der Waals surface area contributed by atoms with Crippen LogP contribution in [0, 0.1) is 0 Å². The molecule has 1 nitrogen and oxygen atoms in total. The van der Waals surface area contributed by atoms with E-state index in [2.05, 4.69) is 63.4 Å². The zero-order valence-corrected chi connectivity index (χ0v) is 11.4. The third-order valence-electron chi connectivity index (χ3n) is 3.77. The fourth-order valence-electron chi connectivity index (χ4n) is 2.96. The predicted molar refractivity (Wildman–Crippen MR) is 78.8 cm³/mol. The quantitative estimate of drug-likeness (QED) is 0.619. The lowest BCUT2D eigenvalue weighted by Crippen LogP contribution is -2.02. The van der Waals surface area contributed by atoms with Gasteiger partial charge in [-0.2, -0.15) is 0 Å². The molecule has 0 saturated carbocycles. The molecule has 1 N–H and O–H groups in total. The van der Waals surface area contributed by atoms with Gasteiger partial charge in [-0.15, -0.1) is 0 Å². The fourth-order valence-corrected chi connectivity index (χ4v) is 3.32. The lowest BCUT2D eigenvalue weighted by atomic mass is 9.88. The first kappa shape index (κ1) is 10.4. The number of aryl methyl sites for hydroxylation is 2. The first-order chi connectivity index (χ1) is 8.83. The van der Waals surface area contributed by atoms with Crippen LogP contribution >= 0.6 is 15.9 Å². The second-order valence-corrected chi connectivity index (χ2v) is 5.74. The minimum absolute atomic E-state index is 1.11. The molecule has 0 fully saturated rings. The third-order valence-corrected chi connectivity index (χ3v) is 4.26. The molecule has 0 radical (unpaired) electrons. The Kier molecular flexibility index (Phi) is 2.15. The van der Waals surface area contributed by atoms with Gasteiger partial charge < -0.3 is 4.98 Å². The van der Waals surface area contributed by atoms with Crippen molar-refractivity contribution in [2.24, 2.45) is 0 Å². The van der Waals surface area contributed by atoms with Gasteiger partial charge in [-0.05, 0) is 36.1 Å². The van der Waals surface area contributed by atoms with Crippen LogP contribution in [-0.2, 0) is 12.8 Å². The average Bonchev–Trinajstić information content (AvgIpc) is 2.76. The maximum atomic E-state index is 3.57. The van der Waals surface area contributed by atoms with Gasteiger partial charge >= 0.3 is 0 Å². The van der Waals surface area contributed by atoms with Crippen molar-refractivity contribution in [1.82, 2.24) is 4.98 Å². The van der Waals surface area contributed by atoms with E-state index in [4.69, 9.17) is 0 Å². The second-order valence-electron chi connectivity index (χ2n) is 4.83. The number of rotatable bonds is 0. The van der Waals surface area contributed by atoms with Gasteiger partial charge in [-0.25, -0.2) is 0 Å². The Hall–Kier alpha value is -1.54. The molecule has 1 aliphatic rings. The highest BCUT2D eigenvalue weighted by atomic mass is 79.9. The van der Waals surface area contributed by atoms with Gasteiger partial charge in [0, 0.05) is 26.6 Å². The molecule has 1 aromatic heterocycles. The number of hydrogen-bond donors (Lipinski definition) is 1. The van der Waals surface area contributed by atoms with E-state index in [0.29, 0.717) is 0 Å². The molecule has 4 rings (SSSR count). The SMILES string of the molecule is Brc1ccc2c3c([nH]c2c1)CCc1ccccc1-3. The van der Waals surface area contributed by atoms with E-state index in [0.717, 1.165) is 17.3 Å². The summed E-state index contributed by atoms with van der Waals surface area (Å²) >= 11 is 3.54. The van der Waals surface area contributed by atoms with Crippen molar-refractivity contribution in [2.45, 2.75) is 12.8 Å². The molecular formula is C16H12BrN. The largest absolute Gasteiger partial charge is 0.358 e. The molecule has 0 unspecified atom stereocenters. The van der Waals surface area contributed by atoms with Crippen molar-refractivity contribution in [1.29, 1.82) is 0 Å².